The third kappa shape index (κ3) is 1.91. The normalized spacial score (nSPS) is 46.7. The SMILES string of the molecule is O=C1CCC[C@@H]2[C@H]3C[C@@H](CN12)[C@@H]1CCC(O)CN1C3. The number of hydrogen-bond donors (Lipinski definition) is 1. The minimum Gasteiger partial charge on any atom is -0.392 e. The van der Waals surface area contributed by atoms with E-state index in [1.165, 1.54) is 12.8 Å². The van der Waals surface area contributed by atoms with E-state index in [1.807, 2.05) is 0 Å². The van der Waals surface area contributed by atoms with Crippen molar-refractivity contribution in [1.82, 2.24) is 9.80 Å². The molecule has 1 N–H and O–H groups in total. The topological polar surface area (TPSA) is 43.8 Å². The number of aliphatic hydroxyl groups is 1. The molecule has 4 rings (SSSR count). The van der Waals surface area contributed by atoms with Gasteiger partial charge in [0.1, 0.15) is 0 Å². The van der Waals surface area contributed by atoms with Crippen LogP contribution in [0.4, 0.5) is 0 Å². The molecule has 4 nitrogen and oxygen atoms in total. The highest BCUT2D eigenvalue weighted by atomic mass is 16.3. The van der Waals surface area contributed by atoms with E-state index in [1.54, 1.807) is 0 Å². The van der Waals surface area contributed by atoms with Crippen LogP contribution in [0.15, 0.2) is 0 Å². The zero-order valence-corrected chi connectivity index (χ0v) is 11.5. The van der Waals surface area contributed by atoms with Gasteiger partial charge in [-0.05, 0) is 43.9 Å². The minimum absolute atomic E-state index is 0.126. The first-order chi connectivity index (χ1) is 9.22. The van der Waals surface area contributed by atoms with Crippen molar-refractivity contribution in [3.63, 3.8) is 0 Å². The maximum absolute atomic E-state index is 12.1. The van der Waals surface area contributed by atoms with E-state index in [0.29, 0.717) is 29.8 Å². The lowest BCUT2D eigenvalue weighted by Gasteiger charge is -2.57. The quantitative estimate of drug-likeness (QED) is 0.705. The zero-order chi connectivity index (χ0) is 13.0. The van der Waals surface area contributed by atoms with Crippen LogP contribution < -0.4 is 0 Å². The molecule has 4 aliphatic heterocycles. The Kier molecular flexibility index (Phi) is 2.85. The molecule has 0 aromatic rings. The summed E-state index contributed by atoms with van der Waals surface area (Å²) in [6.45, 7) is 2.95. The molecule has 4 saturated heterocycles. The Balaban J connectivity index is 1.57. The van der Waals surface area contributed by atoms with Gasteiger partial charge in [-0.1, -0.05) is 0 Å². The fourth-order valence-electron chi connectivity index (χ4n) is 5.11. The molecule has 1 unspecified atom stereocenters. The van der Waals surface area contributed by atoms with Crippen LogP contribution in [0.2, 0.25) is 0 Å². The highest BCUT2D eigenvalue weighted by Gasteiger charge is 2.48. The van der Waals surface area contributed by atoms with Crippen LogP contribution in [0, 0.1) is 11.8 Å². The number of amides is 1. The molecule has 4 heterocycles. The number of carbonyl (C=O) groups is 1. The van der Waals surface area contributed by atoms with E-state index in [2.05, 4.69) is 9.80 Å². The highest BCUT2D eigenvalue weighted by molar-refractivity contribution is 5.77. The molecule has 1 amide bonds. The summed E-state index contributed by atoms with van der Waals surface area (Å²) in [5, 5.41) is 9.88. The highest BCUT2D eigenvalue weighted by Crippen LogP contribution is 2.42. The molecule has 0 saturated carbocycles. The Hall–Kier alpha value is -0.610. The fraction of sp³-hybridized carbons (Fsp3) is 0.933. The molecule has 4 aliphatic rings. The molecular weight excluding hydrogens is 240 g/mol. The molecule has 19 heavy (non-hydrogen) atoms. The lowest BCUT2D eigenvalue weighted by atomic mass is 9.70. The lowest BCUT2D eigenvalue weighted by Crippen LogP contribution is -2.65. The second-order valence-electron chi connectivity index (χ2n) is 7.01. The van der Waals surface area contributed by atoms with E-state index in [0.717, 1.165) is 45.3 Å². The van der Waals surface area contributed by atoms with E-state index in [-0.39, 0.29) is 6.10 Å². The van der Waals surface area contributed by atoms with Crippen molar-refractivity contribution >= 4 is 5.91 Å². The number of carbonyl (C=O) groups excluding carboxylic acids is 1. The van der Waals surface area contributed by atoms with Crippen LogP contribution in [0.3, 0.4) is 0 Å². The second kappa shape index (κ2) is 4.45. The van der Waals surface area contributed by atoms with E-state index in [9.17, 15) is 9.90 Å². The van der Waals surface area contributed by atoms with Crippen molar-refractivity contribution in [2.75, 3.05) is 19.6 Å². The van der Waals surface area contributed by atoms with E-state index >= 15 is 0 Å². The third-order valence-electron chi connectivity index (χ3n) is 5.92. The molecule has 5 atom stereocenters. The maximum atomic E-state index is 12.1. The summed E-state index contributed by atoms with van der Waals surface area (Å²) in [5.74, 6) is 1.71. The molecule has 4 heteroatoms. The Morgan fingerprint density at radius 2 is 1.84 bits per heavy atom. The molecule has 4 fully saturated rings. The molecule has 0 aliphatic carbocycles. The number of rotatable bonds is 0. The number of hydrogen-bond acceptors (Lipinski definition) is 3. The van der Waals surface area contributed by atoms with Gasteiger partial charge >= 0.3 is 0 Å². The zero-order valence-electron chi connectivity index (χ0n) is 11.5. The van der Waals surface area contributed by atoms with Gasteiger partial charge in [0.05, 0.1) is 6.10 Å². The van der Waals surface area contributed by atoms with Gasteiger partial charge in [-0.15, -0.1) is 0 Å². The summed E-state index contributed by atoms with van der Waals surface area (Å²) >= 11 is 0. The van der Waals surface area contributed by atoms with Crippen molar-refractivity contribution in [2.45, 2.75) is 56.7 Å². The first kappa shape index (κ1) is 12.2. The molecule has 106 valence electrons. The van der Waals surface area contributed by atoms with Crippen LogP contribution in [0.1, 0.15) is 38.5 Å². The summed E-state index contributed by atoms with van der Waals surface area (Å²) in [7, 11) is 0. The van der Waals surface area contributed by atoms with Gasteiger partial charge in [0.2, 0.25) is 5.91 Å². The maximum Gasteiger partial charge on any atom is 0.222 e. The predicted octanol–water partition coefficient (Wildman–Crippen LogP) is 0.843. The van der Waals surface area contributed by atoms with Gasteiger partial charge < -0.3 is 10.0 Å². The van der Waals surface area contributed by atoms with Gasteiger partial charge in [0.15, 0.2) is 0 Å². The standard InChI is InChI=1S/C15H24N2O2/c18-12-4-5-13-11-6-10(7-16(13)9-12)14-2-1-3-15(19)17(14)8-11/h10-14,18H,1-9H2/t10-,11-,12?,13-,14+/m0/s1. The second-order valence-corrected chi connectivity index (χ2v) is 7.01. The Bertz CT molecular complexity index is 386. The largest absolute Gasteiger partial charge is 0.392 e. The lowest BCUT2D eigenvalue weighted by molar-refractivity contribution is -0.150. The first-order valence-corrected chi connectivity index (χ1v) is 7.94. The van der Waals surface area contributed by atoms with Gasteiger partial charge in [-0.25, -0.2) is 0 Å². The van der Waals surface area contributed by atoms with Crippen LogP contribution in [0.25, 0.3) is 0 Å². The molecule has 0 radical (unpaired) electrons. The van der Waals surface area contributed by atoms with Crippen LogP contribution in [-0.2, 0) is 4.79 Å². The summed E-state index contributed by atoms with van der Waals surface area (Å²) in [4.78, 5) is 16.9. The van der Waals surface area contributed by atoms with Gasteiger partial charge in [-0.2, -0.15) is 0 Å². The van der Waals surface area contributed by atoms with Crippen LogP contribution in [0.5, 0.6) is 0 Å². The first-order valence-electron chi connectivity index (χ1n) is 7.94. The van der Waals surface area contributed by atoms with Gasteiger partial charge in [0, 0.05) is 38.1 Å². The number of piperidine rings is 4. The van der Waals surface area contributed by atoms with Crippen molar-refractivity contribution in [3.8, 4) is 0 Å². The molecule has 2 bridgehead atoms. The number of aliphatic hydroxyl groups excluding tert-OH is 1. The Labute approximate surface area is 114 Å². The Morgan fingerprint density at radius 1 is 1.00 bits per heavy atom. The van der Waals surface area contributed by atoms with Crippen LogP contribution >= 0.6 is 0 Å². The molecule has 0 aromatic heterocycles. The number of fused-ring (bicyclic) bond motifs is 6. The average molecular weight is 264 g/mol. The summed E-state index contributed by atoms with van der Waals surface area (Å²) < 4.78 is 0. The summed E-state index contributed by atoms with van der Waals surface area (Å²) in [6, 6.07) is 1.12. The molecular formula is C15H24N2O2. The van der Waals surface area contributed by atoms with E-state index < -0.39 is 0 Å². The minimum atomic E-state index is -0.126. The summed E-state index contributed by atoms with van der Waals surface area (Å²) in [6.07, 6.45) is 6.29. The van der Waals surface area contributed by atoms with E-state index in [4.69, 9.17) is 0 Å². The average Bonchev–Trinajstić information content (AvgIpc) is 2.40. The predicted molar refractivity (Wildman–Crippen MR) is 71.6 cm³/mol. The Morgan fingerprint density at radius 3 is 2.74 bits per heavy atom. The van der Waals surface area contributed by atoms with Crippen molar-refractivity contribution in [3.05, 3.63) is 0 Å². The van der Waals surface area contributed by atoms with Gasteiger partial charge in [-0.3, -0.25) is 9.69 Å². The third-order valence-corrected chi connectivity index (χ3v) is 5.92. The molecule has 0 aromatic carbocycles. The monoisotopic (exact) mass is 264 g/mol. The van der Waals surface area contributed by atoms with Crippen molar-refractivity contribution < 1.29 is 9.90 Å². The van der Waals surface area contributed by atoms with Crippen molar-refractivity contribution in [1.29, 1.82) is 0 Å². The number of nitrogens with zero attached hydrogens (tertiary/aromatic N) is 2. The van der Waals surface area contributed by atoms with Crippen molar-refractivity contribution in [2.24, 2.45) is 11.8 Å². The molecule has 0 spiro atoms. The summed E-state index contributed by atoms with van der Waals surface area (Å²) in [5.41, 5.74) is 0. The van der Waals surface area contributed by atoms with Crippen LogP contribution in [-0.4, -0.2) is 58.6 Å². The van der Waals surface area contributed by atoms with Gasteiger partial charge in [0.25, 0.3) is 0 Å². The smallest absolute Gasteiger partial charge is 0.222 e. The fourth-order valence-corrected chi connectivity index (χ4v) is 5.11.